The molecule has 0 bridgehead atoms. The van der Waals surface area contributed by atoms with Gasteiger partial charge in [0.05, 0.1) is 5.69 Å². The third-order valence-electron chi connectivity index (χ3n) is 10.3. The van der Waals surface area contributed by atoms with E-state index < -0.39 is 0 Å². The van der Waals surface area contributed by atoms with Gasteiger partial charge in [-0.05, 0) is 24.8 Å². The molecule has 0 atom stereocenters. The zero-order chi connectivity index (χ0) is 39.2. The normalized spacial score (nSPS) is 11.5. The molecule has 0 radical (unpaired) electrons. The number of benzene rings is 2. The van der Waals surface area contributed by atoms with E-state index in [4.69, 9.17) is 4.98 Å². The SMILES string of the molecule is CCCCCCCCCCCCCCCCCC(=O)CCCCCC(=O)c1ccc(-c2csc(-n3cc(-c4ccccc4)c(N=Nc4nccs4)c3O)n2)cc1. The number of azo groups is 1. The first kappa shape index (κ1) is 42.9. The Morgan fingerprint density at radius 2 is 1.27 bits per heavy atom. The van der Waals surface area contributed by atoms with Crippen LogP contribution in [0.2, 0.25) is 0 Å². The molecule has 3 heterocycles. The average molecular weight is 794 g/mol. The van der Waals surface area contributed by atoms with Gasteiger partial charge in [-0.15, -0.1) is 32.9 Å². The number of aromatic hydroxyl groups is 1. The minimum Gasteiger partial charge on any atom is -0.493 e. The molecule has 0 aliphatic carbocycles. The van der Waals surface area contributed by atoms with E-state index in [1.54, 1.807) is 10.8 Å². The standard InChI is InChI=1S/C46H59N5O3S2/c1-2-3-4-5-6-7-8-9-10-11-12-13-14-15-20-25-39(52)26-21-17-22-27-42(53)38-30-28-37(29-31-38)41-35-56-46(48-41)51-34-40(36-23-18-16-19-24-36)43(44(51)54)49-50-45-47-32-33-55-45/h16,18-19,23-24,28-35,54H,2-15,17,20-22,25-27H2,1H3. The van der Waals surface area contributed by atoms with Gasteiger partial charge in [0.2, 0.25) is 11.0 Å². The molecule has 0 aliphatic rings. The predicted octanol–water partition coefficient (Wildman–Crippen LogP) is 14.8. The molecular formula is C46H59N5O3S2. The molecule has 8 nitrogen and oxygen atoms in total. The maximum atomic E-state index is 12.9. The van der Waals surface area contributed by atoms with Crippen molar-refractivity contribution in [1.29, 1.82) is 0 Å². The maximum absolute atomic E-state index is 12.9. The molecular weight excluding hydrogens is 735 g/mol. The number of aromatic nitrogens is 3. The summed E-state index contributed by atoms with van der Waals surface area (Å²) in [6, 6.07) is 17.3. The van der Waals surface area contributed by atoms with E-state index in [9.17, 15) is 14.7 Å². The van der Waals surface area contributed by atoms with Crippen molar-refractivity contribution in [2.45, 2.75) is 142 Å². The average Bonchev–Trinajstić information content (AvgIpc) is 4.00. The highest BCUT2D eigenvalue weighted by Crippen LogP contribution is 2.43. The van der Waals surface area contributed by atoms with Gasteiger partial charge in [0.25, 0.3) is 0 Å². The number of thiazole rings is 2. The fourth-order valence-electron chi connectivity index (χ4n) is 7.00. The zero-order valence-corrected chi connectivity index (χ0v) is 34.8. The van der Waals surface area contributed by atoms with Crippen LogP contribution in [0.4, 0.5) is 10.8 Å². The topological polar surface area (TPSA) is 110 Å². The Balaban J connectivity index is 0.971. The van der Waals surface area contributed by atoms with Crippen LogP contribution < -0.4 is 0 Å². The van der Waals surface area contributed by atoms with Crippen LogP contribution in [0.5, 0.6) is 5.88 Å². The van der Waals surface area contributed by atoms with Gasteiger partial charge in [-0.2, -0.15) is 0 Å². The molecule has 0 saturated heterocycles. The van der Waals surface area contributed by atoms with Crippen molar-refractivity contribution < 1.29 is 14.7 Å². The highest BCUT2D eigenvalue weighted by molar-refractivity contribution is 7.13. The number of hydrogen-bond acceptors (Lipinski definition) is 9. The number of carbonyl (C=O) groups is 2. The van der Waals surface area contributed by atoms with E-state index in [0.29, 0.717) is 46.6 Å². The van der Waals surface area contributed by atoms with Crippen molar-refractivity contribution in [3.05, 3.63) is 83.3 Å². The number of hydrogen-bond donors (Lipinski definition) is 1. The Morgan fingerprint density at radius 1 is 0.679 bits per heavy atom. The maximum Gasteiger partial charge on any atom is 0.229 e. The monoisotopic (exact) mass is 793 g/mol. The van der Waals surface area contributed by atoms with Crippen LogP contribution in [0.15, 0.2) is 88.0 Å². The van der Waals surface area contributed by atoms with Gasteiger partial charge in [-0.1, -0.05) is 158 Å². The number of rotatable bonds is 28. The lowest BCUT2D eigenvalue weighted by molar-refractivity contribution is -0.119. The summed E-state index contributed by atoms with van der Waals surface area (Å²) < 4.78 is 1.62. The molecule has 3 aromatic heterocycles. The van der Waals surface area contributed by atoms with E-state index in [1.165, 1.54) is 106 Å². The van der Waals surface area contributed by atoms with Crippen LogP contribution in [-0.4, -0.2) is 31.2 Å². The van der Waals surface area contributed by atoms with Crippen molar-refractivity contribution in [3.8, 4) is 33.4 Å². The lowest BCUT2D eigenvalue weighted by atomic mass is 10.0. The number of unbranched alkanes of at least 4 members (excludes halogenated alkanes) is 16. The smallest absolute Gasteiger partial charge is 0.229 e. The lowest BCUT2D eigenvalue weighted by Gasteiger charge is -2.04. The Kier molecular flexibility index (Phi) is 18.7. The Hall–Kier alpha value is -4.28. The van der Waals surface area contributed by atoms with Crippen molar-refractivity contribution in [1.82, 2.24) is 14.5 Å². The highest BCUT2D eigenvalue weighted by Gasteiger charge is 2.20. The first-order chi connectivity index (χ1) is 27.5. The van der Waals surface area contributed by atoms with Gasteiger partial charge in [-0.3, -0.25) is 14.2 Å². The number of nitrogens with zero attached hydrogens (tertiary/aromatic N) is 5. The summed E-state index contributed by atoms with van der Waals surface area (Å²) in [5.74, 6) is 0.425. The molecule has 298 valence electrons. The molecule has 56 heavy (non-hydrogen) atoms. The summed E-state index contributed by atoms with van der Waals surface area (Å²) in [6.07, 6.45) is 27.8. The fraction of sp³-hybridized carbons (Fsp3) is 0.478. The van der Waals surface area contributed by atoms with Gasteiger partial charge in [-0.25, -0.2) is 9.97 Å². The van der Waals surface area contributed by atoms with E-state index in [0.717, 1.165) is 54.5 Å². The second-order valence-corrected chi connectivity index (χ2v) is 16.5. The molecule has 10 heteroatoms. The van der Waals surface area contributed by atoms with Crippen molar-refractivity contribution in [2.24, 2.45) is 10.2 Å². The lowest BCUT2D eigenvalue weighted by Crippen LogP contribution is -2.00. The molecule has 0 unspecified atom stereocenters. The predicted molar refractivity (Wildman–Crippen MR) is 232 cm³/mol. The fourth-order valence-corrected chi connectivity index (χ4v) is 8.26. The second kappa shape index (κ2) is 24.4. The van der Waals surface area contributed by atoms with Gasteiger partial charge in [0, 0.05) is 59.1 Å². The molecule has 0 aliphatic heterocycles. The molecule has 2 aromatic carbocycles. The summed E-state index contributed by atoms with van der Waals surface area (Å²) >= 11 is 2.77. The van der Waals surface area contributed by atoms with Crippen LogP contribution in [-0.2, 0) is 4.79 Å². The summed E-state index contributed by atoms with van der Waals surface area (Å²) in [5, 5.41) is 24.7. The van der Waals surface area contributed by atoms with Crippen molar-refractivity contribution >= 4 is 45.1 Å². The summed E-state index contributed by atoms with van der Waals surface area (Å²) in [6.45, 7) is 2.28. The third kappa shape index (κ3) is 14.0. The zero-order valence-electron chi connectivity index (χ0n) is 33.2. The first-order valence-electron chi connectivity index (χ1n) is 21.0. The Bertz CT molecular complexity index is 1900. The van der Waals surface area contributed by atoms with Crippen molar-refractivity contribution in [3.63, 3.8) is 0 Å². The first-order valence-corrected chi connectivity index (χ1v) is 22.7. The summed E-state index contributed by atoms with van der Waals surface area (Å²) in [5.41, 5.74) is 4.27. The molecule has 0 amide bonds. The largest absolute Gasteiger partial charge is 0.493 e. The summed E-state index contributed by atoms with van der Waals surface area (Å²) in [7, 11) is 0. The molecule has 5 rings (SSSR count). The van der Waals surface area contributed by atoms with E-state index >= 15 is 0 Å². The number of ketones is 2. The van der Waals surface area contributed by atoms with Crippen LogP contribution in [0.3, 0.4) is 0 Å². The molecule has 0 fully saturated rings. The van der Waals surface area contributed by atoms with Crippen LogP contribution in [0.1, 0.15) is 152 Å². The highest BCUT2D eigenvalue weighted by atomic mass is 32.1. The van der Waals surface area contributed by atoms with E-state index in [1.807, 2.05) is 71.6 Å². The van der Waals surface area contributed by atoms with Crippen LogP contribution >= 0.6 is 22.7 Å². The summed E-state index contributed by atoms with van der Waals surface area (Å²) in [4.78, 5) is 34.3. The van der Waals surface area contributed by atoms with Gasteiger partial charge >= 0.3 is 0 Å². The van der Waals surface area contributed by atoms with E-state index in [-0.39, 0.29) is 11.7 Å². The number of carbonyl (C=O) groups excluding carboxylic acids is 2. The molecule has 5 aromatic rings. The van der Waals surface area contributed by atoms with E-state index in [2.05, 4.69) is 22.1 Å². The minimum absolute atomic E-state index is 0.0596. The molecule has 1 N–H and O–H groups in total. The van der Waals surface area contributed by atoms with Gasteiger partial charge in [0.15, 0.2) is 16.6 Å². The quantitative estimate of drug-likeness (QED) is 0.0308. The number of Topliss-reactive ketones (excluding diaryl/α,β-unsaturated/α-hetero) is 2. The Morgan fingerprint density at radius 3 is 1.88 bits per heavy atom. The Labute approximate surface area is 341 Å². The molecule has 0 spiro atoms. The van der Waals surface area contributed by atoms with Crippen molar-refractivity contribution in [2.75, 3.05) is 0 Å². The van der Waals surface area contributed by atoms with Gasteiger partial charge in [0.1, 0.15) is 5.78 Å². The second-order valence-electron chi connectivity index (χ2n) is 14.8. The van der Waals surface area contributed by atoms with Crippen LogP contribution in [0, 0.1) is 0 Å². The third-order valence-corrected chi connectivity index (χ3v) is 11.8. The molecule has 0 saturated carbocycles. The van der Waals surface area contributed by atoms with Gasteiger partial charge < -0.3 is 5.11 Å². The van der Waals surface area contributed by atoms with Crippen LogP contribution in [0.25, 0.3) is 27.5 Å². The minimum atomic E-state index is -0.0596.